The standard InChI is InChI=1S/C14H8F12O2/c1-2-4-3-5(27)7(10(13(21,22)23)14(24,25)26)8(28)6(4)9(11(15,16)17)12(18,19)20/h2-3,9-10,27-28H,1H2. The van der Waals surface area contributed by atoms with Crippen LogP contribution in [0.1, 0.15) is 28.5 Å². The minimum absolute atomic E-state index is 0.194. The molecule has 0 bridgehead atoms. The molecule has 0 aliphatic heterocycles. The molecule has 0 aliphatic carbocycles. The predicted octanol–water partition coefficient (Wildman–Crippen LogP) is 6.16. The van der Waals surface area contributed by atoms with Gasteiger partial charge in [0.05, 0.1) is 5.56 Å². The molecule has 0 unspecified atom stereocenters. The van der Waals surface area contributed by atoms with Crippen molar-refractivity contribution >= 4 is 6.08 Å². The maximum Gasteiger partial charge on any atom is 0.404 e. The highest BCUT2D eigenvalue weighted by molar-refractivity contribution is 5.66. The Labute approximate surface area is 147 Å². The Balaban J connectivity index is 4.08. The lowest BCUT2D eigenvalue weighted by molar-refractivity contribution is -0.254. The molecular formula is C14H8F12O2. The molecule has 0 aliphatic rings. The summed E-state index contributed by atoms with van der Waals surface area (Å²) in [5, 5.41) is 19.1. The van der Waals surface area contributed by atoms with Crippen LogP contribution in [-0.4, -0.2) is 34.9 Å². The summed E-state index contributed by atoms with van der Waals surface area (Å²) in [7, 11) is 0. The van der Waals surface area contributed by atoms with E-state index >= 15 is 0 Å². The van der Waals surface area contributed by atoms with Gasteiger partial charge < -0.3 is 10.2 Å². The van der Waals surface area contributed by atoms with Crippen molar-refractivity contribution in [1.82, 2.24) is 0 Å². The zero-order valence-electron chi connectivity index (χ0n) is 12.9. The van der Waals surface area contributed by atoms with Crippen LogP contribution in [0.3, 0.4) is 0 Å². The van der Waals surface area contributed by atoms with Crippen molar-refractivity contribution in [3.05, 3.63) is 29.3 Å². The highest BCUT2D eigenvalue weighted by atomic mass is 19.4. The lowest BCUT2D eigenvalue weighted by Gasteiger charge is -2.29. The molecule has 160 valence electrons. The number of phenolic OH excluding ortho intramolecular Hbond substituents is 2. The molecule has 0 fully saturated rings. The van der Waals surface area contributed by atoms with E-state index in [0.717, 1.165) is 0 Å². The fourth-order valence-corrected chi connectivity index (χ4v) is 2.49. The van der Waals surface area contributed by atoms with Gasteiger partial charge in [-0.15, -0.1) is 0 Å². The fraction of sp³-hybridized carbons (Fsp3) is 0.429. The molecule has 0 heterocycles. The van der Waals surface area contributed by atoms with E-state index in [2.05, 4.69) is 6.58 Å². The third-order valence-electron chi connectivity index (χ3n) is 3.50. The molecule has 0 atom stereocenters. The Hall–Kier alpha value is -2.28. The third kappa shape index (κ3) is 4.58. The van der Waals surface area contributed by atoms with Gasteiger partial charge in [-0.05, 0) is 11.6 Å². The van der Waals surface area contributed by atoms with Crippen LogP contribution >= 0.6 is 0 Å². The van der Waals surface area contributed by atoms with Crippen molar-refractivity contribution in [3.63, 3.8) is 0 Å². The molecule has 0 amide bonds. The molecule has 2 nitrogen and oxygen atoms in total. The molecule has 14 heteroatoms. The van der Waals surface area contributed by atoms with Crippen molar-refractivity contribution in [3.8, 4) is 11.5 Å². The van der Waals surface area contributed by atoms with Crippen LogP contribution in [0.15, 0.2) is 12.6 Å². The van der Waals surface area contributed by atoms with Gasteiger partial charge in [0, 0.05) is 5.56 Å². The molecule has 0 saturated heterocycles. The van der Waals surface area contributed by atoms with Crippen LogP contribution in [0.5, 0.6) is 11.5 Å². The van der Waals surface area contributed by atoms with Gasteiger partial charge in [-0.25, -0.2) is 0 Å². The van der Waals surface area contributed by atoms with Gasteiger partial charge in [0.15, 0.2) is 11.8 Å². The summed E-state index contributed by atoms with van der Waals surface area (Å²) in [6.07, 6.45) is -24.9. The van der Waals surface area contributed by atoms with Crippen LogP contribution < -0.4 is 0 Å². The van der Waals surface area contributed by atoms with E-state index in [0.29, 0.717) is 0 Å². The van der Waals surface area contributed by atoms with E-state index in [9.17, 15) is 62.9 Å². The summed E-state index contributed by atoms with van der Waals surface area (Å²) in [6.45, 7) is 2.79. The summed E-state index contributed by atoms with van der Waals surface area (Å²) < 4.78 is 155. The normalized spacial score (nSPS) is 14.1. The van der Waals surface area contributed by atoms with Crippen molar-refractivity contribution < 1.29 is 62.9 Å². The highest BCUT2D eigenvalue weighted by Crippen LogP contribution is 2.57. The van der Waals surface area contributed by atoms with Gasteiger partial charge in [0.1, 0.15) is 11.5 Å². The fourth-order valence-electron chi connectivity index (χ4n) is 2.49. The number of hydrogen-bond acceptors (Lipinski definition) is 2. The quantitative estimate of drug-likeness (QED) is 0.558. The zero-order chi connectivity index (χ0) is 22.5. The predicted molar refractivity (Wildman–Crippen MR) is 69.6 cm³/mol. The second-order valence-electron chi connectivity index (χ2n) is 5.40. The molecule has 0 saturated carbocycles. The Morgan fingerprint density at radius 1 is 0.679 bits per heavy atom. The molecule has 1 rings (SSSR count). The lowest BCUT2D eigenvalue weighted by Crippen LogP contribution is -2.36. The van der Waals surface area contributed by atoms with E-state index in [1.807, 2.05) is 0 Å². The summed E-state index contributed by atoms with van der Waals surface area (Å²) in [6, 6.07) is -0.202. The van der Waals surface area contributed by atoms with Gasteiger partial charge in [0.25, 0.3) is 0 Å². The summed E-state index contributed by atoms with van der Waals surface area (Å²) >= 11 is 0. The number of benzene rings is 1. The Morgan fingerprint density at radius 2 is 1.00 bits per heavy atom. The number of phenols is 2. The molecule has 0 radical (unpaired) electrons. The van der Waals surface area contributed by atoms with E-state index in [-0.39, 0.29) is 12.1 Å². The van der Waals surface area contributed by atoms with Crippen LogP contribution in [0, 0.1) is 0 Å². The third-order valence-corrected chi connectivity index (χ3v) is 3.50. The maximum absolute atomic E-state index is 12.9. The summed E-state index contributed by atoms with van der Waals surface area (Å²) in [5.74, 6) is -14.1. The second-order valence-corrected chi connectivity index (χ2v) is 5.40. The van der Waals surface area contributed by atoms with Crippen molar-refractivity contribution in [2.75, 3.05) is 0 Å². The zero-order valence-corrected chi connectivity index (χ0v) is 12.9. The first-order valence-corrected chi connectivity index (χ1v) is 6.72. The second kappa shape index (κ2) is 6.95. The molecule has 28 heavy (non-hydrogen) atoms. The van der Waals surface area contributed by atoms with Gasteiger partial charge in [0.2, 0.25) is 0 Å². The largest absolute Gasteiger partial charge is 0.507 e. The minimum Gasteiger partial charge on any atom is -0.507 e. The van der Waals surface area contributed by atoms with Crippen molar-refractivity contribution in [2.24, 2.45) is 0 Å². The first kappa shape index (κ1) is 23.8. The van der Waals surface area contributed by atoms with E-state index in [1.165, 1.54) is 0 Å². The number of alkyl halides is 12. The summed E-state index contributed by atoms with van der Waals surface area (Å²) in [4.78, 5) is 0. The van der Waals surface area contributed by atoms with Crippen LogP contribution in [0.2, 0.25) is 0 Å². The molecule has 0 aromatic heterocycles. The lowest BCUT2D eigenvalue weighted by atomic mass is 9.85. The van der Waals surface area contributed by atoms with Gasteiger partial charge in [-0.3, -0.25) is 0 Å². The molecule has 1 aromatic rings. The van der Waals surface area contributed by atoms with Crippen LogP contribution in [-0.2, 0) is 0 Å². The molecule has 2 N–H and O–H groups in total. The average Bonchev–Trinajstić information content (AvgIpc) is 2.40. The van der Waals surface area contributed by atoms with Gasteiger partial charge >= 0.3 is 24.7 Å². The number of hydrogen-bond donors (Lipinski definition) is 2. The maximum atomic E-state index is 12.9. The van der Waals surface area contributed by atoms with Gasteiger partial charge in [-0.2, -0.15) is 52.7 Å². The Morgan fingerprint density at radius 3 is 1.29 bits per heavy atom. The monoisotopic (exact) mass is 436 g/mol. The van der Waals surface area contributed by atoms with Crippen LogP contribution in [0.25, 0.3) is 6.08 Å². The molecule has 0 spiro atoms. The van der Waals surface area contributed by atoms with E-state index in [4.69, 9.17) is 0 Å². The Kier molecular flexibility index (Phi) is 5.90. The first-order chi connectivity index (χ1) is 12.2. The Bertz CT molecular complexity index is 711. The smallest absolute Gasteiger partial charge is 0.404 e. The first-order valence-electron chi connectivity index (χ1n) is 6.72. The van der Waals surface area contributed by atoms with Crippen molar-refractivity contribution in [1.29, 1.82) is 0 Å². The molecular weight excluding hydrogens is 428 g/mol. The summed E-state index contributed by atoms with van der Waals surface area (Å²) in [5.41, 5.74) is -6.29. The van der Waals surface area contributed by atoms with Crippen molar-refractivity contribution in [2.45, 2.75) is 36.5 Å². The number of rotatable bonds is 3. The minimum atomic E-state index is -6.31. The highest BCUT2D eigenvalue weighted by Gasteiger charge is 2.62. The van der Waals surface area contributed by atoms with Crippen LogP contribution in [0.4, 0.5) is 52.7 Å². The topological polar surface area (TPSA) is 40.5 Å². The van der Waals surface area contributed by atoms with E-state index in [1.54, 1.807) is 0 Å². The number of aromatic hydroxyl groups is 2. The SMILES string of the molecule is C=Cc1cc(O)c(C(C(F)(F)F)C(F)(F)F)c(O)c1C(C(F)(F)F)C(F)(F)F. The van der Waals surface area contributed by atoms with E-state index < -0.39 is 64.7 Å². The number of halogens is 12. The molecule has 1 aromatic carbocycles. The average molecular weight is 436 g/mol. The van der Waals surface area contributed by atoms with Gasteiger partial charge in [-0.1, -0.05) is 12.7 Å².